The number of nitro groups is 1. The Labute approximate surface area is 110 Å². The van der Waals surface area contributed by atoms with E-state index in [9.17, 15) is 14.9 Å². The Morgan fingerprint density at radius 3 is 2.94 bits per heavy atom. The Bertz CT molecular complexity index is 600. The van der Waals surface area contributed by atoms with Gasteiger partial charge in [0, 0.05) is 11.4 Å². The minimum Gasteiger partial charge on any atom is -0.321 e. The minimum atomic E-state index is -0.634. The highest BCUT2D eigenvalue weighted by molar-refractivity contribution is 7.08. The number of amides is 1. The molecule has 1 amide bonds. The van der Waals surface area contributed by atoms with Crippen LogP contribution in [0.1, 0.15) is 10.4 Å². The van der Waals surface area contributed by atoms with Gasteiger partial charge in [0.25, 0.3) is 11.6 Å². The number of rotatable bonds is 3. The molecule has 1 N–H and O–H groups in total. The summed E-state index contributed by atoms with van der Waals surface area (Å²) in [5.74, 6) is -0.533. The molecule has 0 aromatic carbocycles. The minimum absolute atomic E-state index is 0.0305. The van der Waals surface area contributed by atoms with Gasteiger partial charge in [-0.1, -0.05) is 11.6 Å². The van der Waals surface area contributed by atoms with Gasteiger partial charge in [0.2, 0.25) is 0 Å². The Hall–Kier alpha value is -1.99. The summed E-state index contributed by atoms with van der Waals surface area (Å²) >= 11 is 7.16. The molecule has 0 unspecified atom stereocenters. The van der Waals surface area contributed by atoms with Crippen molar-refractivity contribution in [3.63, 3.8) is 0 Å². The third-order valence-electron chi connectivity index (χ3n) is 2.06. The van der Waals surface area contributed by atoms with Crippen LogP contribution in [0.25, 0.3) is 0 Å². The fourth-order valence-electron chi connectivity index (χ4n) is 1.23. The van der Waals surface area contributed by atoms with Crippen LogP contribution < -0.4 is 5.32 Å². The highest BCUT2D eigenvalue weighted by Gasteiger charge is 2.17. The van der Waals surface area contributed by atoms with E-state index in [1.54, 1.807) is 16.8 Å². The average Bonchev–Trinajstić information content (AvgIpc) is 2.81. The summed E-state index contributed by atoms with van der Waals surface area (Å²) in [4.78, 5) is 25.4. The van der Waals surface area contributed by atoms with Crippen molar-refractivity contribution in [1.82, 2.24) is 4.98 Å². The molecule has 0 aliphatic rings. The topological polar surface area (TPSA) is 85.1 Å². The molecular weight excluding hydrogens is 278 g/mol. The van der Waals surface area contributed by atoms with E-state index in [2.05, 4.69) is 10.3 Å². The molecule has 0 bridgehead atoms. The van der Waals surface area contributed by atoms with Crippen LogP contribution in [-0.4, -0.2) is 15.8 Å². The van der Waals surface area contributed by atoms with Crippen molar-refractivity contribution in [3.05, 3.63) is 49.9 Å². The number of hydrogen-bond donors (Lipinski definition) is 1. The monoisotopic (exact) mass is 283 g/mol. The summed E-state index contributed by atoms with van der Waals surface area (Å²) in [5.41, 5.74) is 0.291. The van der Waals surface area contributed by atoms with Gasteiger partial charge in [-0.15, -0.1) is 0 Å². The molecule has 0 saturated heterocycles. The summed E-state index contributed by atoms with van der Waals surface area (Å²) in [6, 6.07) is 2.80. The second-order valence-corrected chi connectivity index (χ2v) is 4.39. The standard InChI is InChI=1S/C10H6ClN3O3S/c11-9-8(3-7(4-12-9)14(16)17)10(15)13-6-1-2-18-5-6/h1-5H,(H,13,15). The van der Waals surface area contributed by atoms with Crippen LogP contribution in [0.3, 0.4) is 0 Å². The van der Waals surface area contributed by atoms with E-state index in [1.165, 1.54) is 11.3 Å². The second-order valence-electron chi connectivity index (χ2n) is 3.26. The predicted molar refractivity (Wildman–Crippen MR) is 68.2 cm³/mol. The number of thiophene rings is 1. The highest BCUT2D eigenvalue weighted by Crippen LogP contribution is 2.21. The van der Waals surface area contributed by atoms with Crippen LogP contribution in [0, 0.1) is 10.1 Å². The van der Waals surface area contributed by atoms with Crippen molar-refractivity contribution in [2.75, 3.05) is 5.32 Å². The van der Waals surface area contributed by atoms with Crippen molar-refractivity contribution in [2.45, 2.75) is 0 Å². The van der Waals surface area contributed by atoms with E-state index < -0.39 is 10.8 Å². The quantitative estimate of drug-likeness (QED) is 0.533. The molecule has 2 aromatic heterocycles. The molecule has 0 spiro atoms. The number of aromatic nitrogens is 1. The molecule has 0 radical (unpaired) electrons. The molecule has 0 fully saturated rings. The van der Waals surface area contributed by atoms with Crippen molar-refractivity contribution < 1.29 is 9.72 Å². The number of nitrogens with one attached hydrogen (secondary N) is 1. The number of nitrogens with zero attached hydrogens (tertiary/aromatic N) is 2. The van der Waals surface area contributed by atoms with Gasteiger partial charge in [-0.05, 0) is 11.4 Å². The summed E-state index contributed by atoms with van der Waals surface area (Å²) < 4.78 is 0. The van der Waals surface area contributed by atoms with E-state index >= 15 is 0 Å². The summed E-state index contributed by atoms with van der Waals surface area (Å²) in [5, 5.41) is 16.6. The lowest BCUT2D eigenvalue weighted by Gasteiger charge is -2.04. The van der Waals surface area contributed by atoms with Crippen LogP contribution in [0.4, 0.5) is 11.4 Å². The van der Waals surface area contributed by atoms with E-state index in [4.69, 9.17) is 11.6 Å². The van der Waals surface area contributed by atoms with Crippen LogP contribution in [0.15, 0.2) is 29.1 Å². The molecule has 6 nitrogen and oxygen atoms in total. The molecule has 8 heteroatoms. The van der Waals surface area contributed by atoms with Gasteiger partial charge < -0.3 is 5.32 Å². The first kappa shape index (κ1) is 12.5. The number of carbonyl (C=O) groups excluding carboxylic acids is 1. The van der Waals surface area contributed by atoms with Gasteiger partial charge in [-0.25, -0.2) is 4.98 Å². The van der Waals surface area contributed by atoms with Crippen LogP contribution in [-0.2, 0) is 0 Å². The normalized spacial score (nSPS) is 10.1. The largest absolute Gasteiger partial charge is 0.321 e. The number of hydrogen-bond acceptors (Lipinski definition) is 5. The summed E-state index contributed by atoms with van der Waals surface area (Å²) in [6.07, 6.45) is 1.00. The van der Waals surface area contributed by atoms with Gasteiger partial charge in [0.15, 0.2) is 0 Å². The lowest BCUT2D eigenvalue weighted by atomic mass is 10.2. The van der Waals surface area contributed by atoms with Gasteiger partial charge in [-0.3, -0.25) is 14.9 Å². The fraction of sp³-hybridized carbons (Fsp3) is 0. The first-order valence-electron chi connectivity index (χ1n) is 4.71. The smallest absolute Gasteiger partial charge is 0.288 e. The number of halogens is 1. The summed E-state index contributed by atoms with van der Waals surface area (Å²) in [7, 11) is 0. The molecule has 2 heterocycles. The average molecular weight is 284 g/mol. The molecule has 92 valence electrons. The van der Waals surface area contributed by atoms with E-state index in [-0.39, 0.29) is 16.4 Å². The van der Waals surface area contributed by atoms with Gasteiger partial charge in [0.05, 0.1) is 16.2 Å². The third kappa shape index (κ3) is 2.63. The Kier molecular flexibility index (Phi) is 3.54. The molecular formula is C10H6ClN3O3S. The number of anilines is 1. The maximum absolute atomic E-state index is 11.9. The lowest BCUT2D eigenvalue weighted by Crippen LogP contribution is -2.12. The van der Waals surface area contributed by atoms with Crippen LogP contribution in [0.5, 0.6) is 0 Å². The first-order valence-corrected chi connectivity index (χ1v) is 6.03. The van der Waals surface area contributed by atoms with Crippen LogP contribution >= 0.6 is 22.9 Å². The van der Waals surface area contributed by atoms with Crippen molar-refractivity contribution >= 4 is 40.2 Å². The molecule has 0 aliphatic heterocycles. The molecule has 0 saturated carbocycles. The lowest BCUT2D eigenvalue weighted by molar-refractivity contribution is -0.385. The molecule has 2 rings (SSSR count). The van der Waals surface area contributed by atoms with Gasteiger partial charge in [0.1, 0.15) is 11.3 Å². The Morgan fingerprint density at radius 2 is 2.33 bits per heavy atom. The van der Waals surface area contributed by atoms with Crippen LogP contribution in [0.2, 0.25) is 5.15 Å². The third-order valence-corrected chi connectivity index (χ3v) is 3.04. The van der Waals surface area contributed by atoms with E-state index in [0.29, 0.717) is 5.69 Å². The Balaban J connectivity index is 2.29. The van der Waals surface area contributed by atoms with Gasteiger partial charge in [-0.2, -0.15) is 11.3 Å². The van der Waals surface area contributed by atoms with Crippen molar-refractivity contribution in [3.8, 4) is 0 Å². The summed E-state index contributed by atoms with van der Waals surface area (Å²) in [6.45, 7) is 0. The number of pyridine rings is 1. The van der Waals surface area contributed by atoms with Crippen molar-refractivity contribution in [1.29, 1.82) is 0 Å². The zero-order valence-corrected chi connectivity index (χ0v) is 10.4. The zero-order valence-electron chi connectivity index (χ0n) is 8.79. The van der Waals surface area contributed by atoms with Gasteiger partial charge >= 0.3 is 0 Å². The Morgan fingerprint density at radius 1 is 1.56 bits per heavy atom. The SMILES string of the molecule is O=C(Nc1ccsc1)c1cc([N+](=O)[O-])cnc1Cl. The first-order chi connectivity index (χ1) is 8.58. The number of carbonyl (C=O) groups is 1. The maximum atomic E-state index is 11.9. The van der Waals surface area contributed by atoms with E-state index in [0.717, 1.165) is 12.3 Å². The molecule has 18 heavy (non-hydrogen) atoms. The zero-order chi connectivity index (χ0) is 13.1. The second kappa shape index (κ2) is 5.11. The van der Waals surface area contributed by atoms with Crippen molar-refractivity contribution in [2.24, 2.45) is 0 Å². The predicted octanol–water partition coefficient (Wildman–Crippen LogP) is 2.96. The highest BCUT2D eigenvalue weighted by atomic mass is 35.5. The molecule has 0 aliphatic carbocycles. The molecule has 2 aromatic rings. The van der Waals surface area contributed by atoms with E-state index in [1.807, 2.05) is 0 Å². The molecule has 0 atom stereocenters. The maximum Gasteiger partial charge on any atom is 0.288 e. The fourth-order valence-corrected chi connectivity index (χ4v) is 2.01.